The molecule has 26 heavy (non-hydrogen) atoms. The number of ketones is 1. The minimum atomic E-state index is -0.375. The fourth-order valence-corrected chi connectivity index (χ4v) is 2.54. The monoisotopic (exact) mass is 388 g/mol. The predicted molar refractivity (Wildman–Crippen MR) is 97.8 cm³/mol. The zero-order valence-electron chi connectivity index (χ0n) is 15.4. The maximum absolute atomic E-state index is 11.9. The molecule has 1 atom stereocenters. The van der Waals surface area contributed by atoms with Crippen LogP contribution in [0.3, 0.4) is 0 Å². The van der Waals surface area contributed by atoms with Gasteiger partial charge in [-0.05, 0) is 0 Å². The van der Waals surface area contributed by atoms with Crippen LogP contribution in [0.15, 0.2) is 0 Å². The van der Waals surface area contributed by atoms with Gasteiger partial charge < -0.3 is 14.8 Å². The van der Waals surface area contributed by atoms with Gasteiger partial charge in [-0.3, -0.25) is 24.1 Å². The molecule has 0 aromatic heterocycles. The Balaban J connectivity index is 2.03. The molecule has 8 nitrogen and oxygen atoms in total. The third-order valence-electron chi connectivity index (χ3n) is 3.95. The molecule has 3 amide bonds. The zero-order chi connectivity index (χ0) is 19.5. The van der Waals surface area contributed by atoms with Crippen LogP contribution in [0.2, 0.25) is 0 Å². The molecule has 0 aromatic carbocycles. The quantitative estimate of drug-likeness (QED) is 0.263. The first kappa shape index (κ1) is 22.6. The van der Waals surface area contributed by atoms with Crippen LogP contribution in [0.1, 0.15) is 26.7 Å². The molecule has 1 aliphatic rings. The van der Waals surface area contributed by atoms with Crippen molar-refractivity contribution in [1.82, 2.24) is 10.2 Å². The standard InChI is InChI=1S/C17H28N2O6S/c1-12(2)14(20)10-25-8-7-24-6-4-18-15(21)3-5-19-16(22)9-13(11-26)17(19)23/h12-13,26H,3-11H2,1-2H3,(H,18,21). The highest BCUT2D eigenvalue weighted by molar-refractivity contribution is 7.80. The van der Waals surface area contributed by atoms with E-state index in [1.165, 1.54) is 0 Å². The van der Waals surface area contributed by atoms with E-state index in [0.29, 0.717) is 32.1 Å². The van der Waals surface area contributed by atoms with E-state index < -0.39 is 0 Å². The second kappa shape index (κ2) is 12.0. The van der Waals surface area contributed by atoms with Crippen LogP contribution in [0.4, 0.5) is 0 Å². The van der Waals surface area contributed by atoms with Crippen LogP contribution < -0.4 is 5.32 Å². The second-order valence-electron chi connectivity index (χ2n) is 6.35. The number of amides is 3. The van der Waals surface area contributed by atoms with Gasteiger partial charge in [-0.15, -0.1) is 0 Å². The first-order chi connectivity index (χ1) is 12.4. The molecule has 1 fully saturated rings. The van der Waals surface area contributed by atoms with Gasteiger partial charge in [0.25, 0.3) is 0 Å². The van der Waals surface area contributed by atoms with Crippen molar-refractivity contribution in [2.24, 2.45) is 11.8 Å². The van der Waals surface area contributed by atoms with Gasteiger partial charge in [0, 0.05) is 37.6 Å². The number of carbonyl (C=O) groups excluding carboxylic acids is 4. The summed E-state index contributed by atoms with van der Waals surface area (Å²) in [7, 11) is 0. The smallest absolute Gasteiger partial charge is 0.233 e. The van der Waals surface area contributed by atoms with Gasteiger partial charge in [-0.2, -0.15) is 12.6 Å². The SMILES string of the molecule is CC(C)C(=O)COCCOCCNC(=O)CCN1C(=O)CC(CS)C1=O. The molecule has 1 heterocycles. The van der Waals surface area contributed by atoms with Crippen molar-refractivity contribution >= 4 is 36.1 Å². The summed E-state index contributed by atoms with van der Waals surface area (Å²) in [4.78, 5) is 47.8. The van der Waals surface area contributed by atoms with Crippen molar-refractivity contribution in [3.05, 3.63) is 0 Å². The van der Waals surface area contributed by atoms with E-state index in [4.69, 9.17) is 9.47 Å². The molecule has 1 rings (SSSR count). The fourth-order valence-electron chi connectivity index (χ4n) is 2.25. The van der Waals surface area contributed by atoms with Crippen molar-refractivity contribution in [2.45, 2.75) is 26.7 Å². The lowest BCUT2D eigenvalue weighted by Crippen LogP contribution is -2.36. The summed E-state index contributed by atoms with van der Waals surface area (Å²) < 4.78 is 10.5. The number of nitrogens with one attached hydrogen (secondary N) is 1. The Bertz CT molecular complexity index is 511. The van der Waals surface area contributed by atoms with Crippen molar-refractivity contribution < 1.29 is 28.7 Å². The Morgan fingerprint density at radius 3 is 2.54 bits per heavy atom. The van der Waals surface area contributed by atoms with Crippen LogP contribution in [0.5, 0.6) is 0 Å². The summed E-state index contributed by atoms with van der Waals surface area (Å²) in [6, 6.07) is 0. The van der Waals surface area contributed by atoms with Crippen molar-refractivity contribution in [3.63, 3.8) is 0 Å². The molecule has 0 radical (unpaired) electrons. The fraction of sp³-hybridized carbons (Fsp3) is 0.765. The summed E-state index contributed by atoms with van der Waals surface area (Å²) in [5.41, 5.74) is 0. The molecule has 148 valence electrons. The molecular weight excluding hydrogens is 360 g/mol. The molecular formula is C17H28N2O6S. The molecule has 0 aromatic rings. The van der Waals surface area contributed by atoms with E-state index in [1.807, 2.05) is 13.8 Å². The summed E-state index contributed by atoms with van der Waals surface area (Å²) in [5, 5.41) is 2.66. The van der Waals surface area contributed by atoms with E-state index in [0.717, 1.165) is 4.90 Å². The highest BCUT2D eigenvalue weighted by atomic mass is 32.1. The molecule has 1 unspecified atom stereocenters. The normalized spacial score (nSPS) is 17.2. The number of hydrogen-bond acceptors (Lipinski definition) is 7. The Morgan fingerprint density at radius 2 is 1.92 bits per heavy atom. The Labute approximate surface area is 159 Å². The number of likely N-dealkylation sites (tertiary alicyclic amines) is 1. The molecule has 9 heteroatoms. The van der Waals surface area contributed by atoms with Crippen LogP contribution in [-0.2, 0) is 28.7 Å². The lowest BCUT2D eigenvalue weighted by Gasteiger charge is -2.14. The minimum absolute atomic E-state index is 0.0407. The highest BCUT2D eigenvalue weighted by Crippen LogP contribution is 2.20. The largest absolute Gasteiger partial charge is 0.377 e. The van der Waals surface area contributed by atoms with Crippen molar-refractivity contribution in [1.29, 1.82) is 0 Å². The van der Waals surface area contributed by atoms with Gasteiger partial charge >= 0.3 is 0 Å². The Morgan fingerprint density at radius 1 is 1.23 bits per heavy atom. The number of hydrogen-bond donors (Lipinski definition) is 2. The number of thiol groups is 1. The lowest BCUT2D eigenvalue weighted by atomic mass is 10.1. The molecule has 0 bridgehead atoms. The van der Waals surface area contributed by atoms with Gasteiger partial charge in [0.2, 0.25) is 17.7 Å². The molecule has 0 spiro atoms. The average molecular weight is 388 g/mol. The minimum Gasteiger partial charge on any atom is -0.377 e. The maximum Gasteiger partial charge on any atom is 0.233 e. The summed E-state index contributed by atoms with van der Waals surface area (Å²) in [5.74, 6) is -0.783. The Kier molecular flexibility index (Phi) is 10.5. The summed E-state index contributed by atoms with van der Waals surface area (Å²) in [6.45, 7) is 5.10. The second-order valence-corrected chi connectivity index (χ2v) is 6.72. The topological polar surface area (TPSA) is 102 Å². The van der Waals surface area contributed by atoms with E-state index in [9.17, 15) is 19.2 Å². The summed E-state index contributed by atoms with van der Waals surface area (Å²) >= 11 is 4.05. The zero-order valence-corrected chi connectivity index (χ0v) is 16.3. The molecule has 1 N–H and O–H groups in total. The third-order valence-corrected chi connectivity index (χ3v) is 4.39. The highest BCUT2D eigenvalue weighted by Gasteiger charge is 2.37. The third kappa shape index (κ3) is 7.84. The van der Waals surface area contributed by atoms with E-state index in [2.05, 4.69) is 17.9 Å². The number of ether oxygens (including phenoxy) is 2. The maximum atomic E-state index is 11.9. The number of carbonyl (C=O) groups is 4. The van der Waals surface area contributed by atoms with Crippen LogP contribution in [0, 0.1) is 11.8 Å². The lowest BCUT2D eigenvalue weighted by molar-refractivity contribution is -0.139. The van der Waals surface area contributed by atoms with Gasteiger partial charge in [-0.25, -0.2) is 0 Å². The van der Waals surface area contributed by atoms with Gasteiger partial charge in [-0.1, -0.05) is 13.8 Å². The average Bonchev–Trinajstić information content (AvgIpc) is 2.88. The van der Waals surface area contributed by atoms with Gasteiger partial charge in [0.15, 0.2) is 5.78 Å². The van der Waals surface area contributed by atoms with Crippen molar-refractivity contribution in [3.8, 4) is 0 Å². The number of Topliss-reactive ketones (excluding diaryl/α,β-unsaturated/α-hetero) is 1. The van der Waals surface area contributed by atoms with Crippen LogP contribution in [0.25, 0.3) is 0 Å². The van der Waals surface area contributed by atoms with Crippen LogP contribution in [-0.4, -0.2) is 73.7 Å². The number of nitrogens with zero attached hydrogens (tertiary/aromatic N) is 1. The number of imide groups is 1. The molecule has 0 aliphatic carbocycles. The van der Waals surface area contributed by atoms with Crippen LogP contribution >= 0.6 is 12.6 Å². The van der Waals surface area contributed by atoms with Gasteiger partial charge in [0.1, 0.15) is 6.61 Å². The first-order valence-electron chi connectivity index (χ1n) is 8.76. The van der Waals surface area contributed by atoms with E-state index in [-0.39, 0.29) is 61.3 Å². The van der Waals surface area contributed by atoms with Crippen molar-refractivity contribution in [2.75, 3.05) is 45.3 Å². The van der Waals surface area contributed by atoms with E-state index in [1.54, 1.807) is 0 Å². The first-order valence-corrected chi connectivity index (χ1v) is 9.40. The Hall–Kier alpha value is -1.45. The molecule has 1 aliphatic heterocycles. The number of rotatable bonds is 13. The summed E-state index contributed by atoms with van der Waals surface area (Å²) in [6.07, 6.45) is 0.236. The van der Waals surface area contributed by atoms with Gasteiger partial charge in [0.05, 0.1) is 25.7 Å². The van der Waals surface area contributed by atoms with E-state index >= 15 is 0 Å². The molecule has 1 saturated heterocycles. The predicted octanol–water partition coefficient (Wildman–Crippen LogP) is 0.0559. The molecule has 0 saturated carbocycles.